The van der Waals surface area contributed by atoms with Crippen LogP contribution in [0.1, 0.15) is 0 Å². The van der Waals surface area contributed by atoms with Crippen molar-refractivity contribution in [2.45, 2.75) is 0 Å². The first kappa shape index (κ1) is 13.0. The molecule has 6 heteroatoms. The number of hydrogen-bond donors (Lipinski definition) is 0. The fourth-order valence-electron chi connectivity index (χ4n) is 1.37. The number of nitrogens with zero attached hydrogens (tertiary/aromatic N) is 3. The summed E-state index contributed by atoms with van der Waals surface area (Å²) in [5.41, 5.74) is 0.439. The predicted octanol–water partition coefficient (Wildman–Crippen LogP) is 1.12. The molecule has 0 fully saturated rings. The highest BCUT2D eigenvalue weighted by molar-refractivity contribution is 5.82. The first-order valence-electron chi connectivity index (χ1n) is 5.08. The van der Waals surface area contributed by atoms with Crippen molar-refractivity contribution in [2.24, 2.45) is 0 Å². The van der Waals surface area contributed by atoms with E-state index < -0.39 is 4.92 Å². The standard InChI is InChI=1S/C11H15N3O3/c1-12(2)11(15)8-13(3)9-6-4-5-7-10(9)14(16)17/h4-7H,8H2,1-3H3. The van der Waals surface area contributed by atoms with Gasteiger partial charge in [0.05, 0.1) is 11.5 Å². The molecule has 6 nitrogen and oxygen atoms in total. The second kappa shape index (κ2) is 5.29. The second-order valence-electron chi connectivity index (χ2n) is 3.89. The molecule has 92 valence electrons. The third kappa shape index (κ3) is 3.17. The van der Waals surface area contributed by atoms with Gasteiger partial charge < -0.3 is 9.80 Å². The van der Waals surface area contributed by atoms with Crippen molar-refractivity contribution in [3.63, 3.8) is 0 Å². The SMILES string of the molecule is CN(C)C(=O)CN(C)c1ccccc1[N+](=O)[O-]. The summed E-state index contributed by atoms with van der Waals surface area (Å²) in [7, 11) is 4.95. The van der Waals surface area contributed by atoms with Gasteiger partial charge in [0.25, 0.3) is 5.69 Å². The maximum atomic E-state index is 11.5. The number of nitro benzene ring substituents is 1. The van der Waals surface area contributed by atoms with E-state index in [0.29, 0.717) is 5.69 Å². The molecule has 0 radical (unpaired) electrons. The molecule has 0 aromatic heterocycles. The largest absolute Gasteiger partial charge is 0.360 e. The lowest BCUT2D eigenvalue weighted by Gasteiger charge is -2.20. The first-order chi connectivity index (χ1) is 7.93. The highest BCUT2D eigenvalue weighted by Gasteiger charge is 2.18. The van der Waals surface area contributed by atoms with E-state index >= 15 is 0 Å². The number of benzene rings is 1. The Kier molecular flexibility index (Phi) is 4.03. The van der Waals surface area contributed by atoms with Crippen molar-refractivity contribution >= 4 is 17.3 Å². The number of nitro groups is 1. The highest BCUT2D eigenvalue weighted by atomic mass is 16.6. The Morgan fingerprint density at radius 2 is 1.88 bits per heavy atom. The van der Waals surface area contributed by atoms with E-state index in [1.807, 2.05) is 0 Å². The molecule has 0 N–H and O–H groups in total. The number of amides is 1. The minimum Gasteiger partial charge on any atom is -0.360 e. The van der Waals surface area contributed by atoms with Crippen molar-refractivity contribution in [1.82, 2.24) is 4.90 Å². The predicted molar refractivity (Wildman–Crippen MR) is 65.1 cm³/mol. The first-order valence-corrected chi connectivity index (χ1v) is 5.08. The molecular formula is C11H15N3O3. The van der Waals surface area contributed by atoms with Crippen LogP contribution in [-0.2, 0) is 4.79 Å². The van der Waals surface area contributed by atoms with E-state index in [9.17, 15) is 14.9 Å². The Morgan fingerprint density at radius 3 is 2.41 bits per heavy atom. The van der Waals surface area contributed by atoms with Gasteiger partial charge in [0.15, 0.2) is 0 Å². The average molecular weight is 237 g/mol. The molecule has 0 unspecified atom stereocenters. The summed E-state index contributed by atoms with van der Waals surface area (Å²) in [6.07, 6.45) is 0. The molecule has 0 saturated carbocycles. The van der Waals surface area contributed by atoms with Gasteiger partial charge in [-0.1, -0.05) is 12.1 Å². The number of anilines is 1. The van der Waals surface area contributed by atoms with Crippen LogP contribution in [0.5, 0.6) is 0 Å². The lowest BCUT2D eigenvalue weighted by atomic mass is 10.2. The molecule has 0 saturated heterocycles. The molecule has 0 aliphatic carbocycles. The summed E-state index contributed by atoms with van der Waals surface area (Å²) in [6.45, 7) is 0.109. The van der Waals surface area contributed by atoms with Gasteiger partial charge in [0, 0.05) is 27.2 Å². The summed E-state index contributed by atoms with van der Waals surface area (Å²) >= 11 is 0. The summed E-state index contributed by atoms with van der Waals surface area (Å²) in [6, 6.07) is 6.36. The smallest absolute Gasteiger partial charge is 0.292 e. The number of hydrogen-bond acceptors (Lipinski definition) is 4. The molecule has 1 aromatic carbocycles. The minimum absolute atomic E-state index is 0.00144. The van der Waals surface area contributed by atoms with Crippen molar-refractivity contribution in [1.29, 1.82) is 0 Å². The topological polar surface area (TPSA) is 66.7 Å². The molecule has 0 aliphatic heterocycles. The number of para-hydroxylation sites is 2. The van der Waals surface area contributed by atoms with E-state index in [4.69, 9.17) is 0 Å². The average Bonchev–Trinajstić information content (AvgIpc) is 2.28. The second-order valence-corrected chi connectivity index (χ2v) is 3.89. The Labute approximate surface area is 99.6 Å². The summed E-state index contributed by atoms with van der Waals surface area (Å²) in [5, 5.41) is 10.8. The molecule has 17 heavy (non-hydrogen) atoms. The third-order valence-electron chi connectivity index (χ3n) is 2.36. The maximum absolute atomic E-state index is 11.5. The van der Waals surface area contributed by atoms with Crippen LogP contribution in [0.4, 0.5) is 11.4 Å². The molecule has 0 aliphatic rings. The van der Waals surface area contributed by atoms with Gasteiger partial charge in [0.1, 0.15) is 5.69 Å². The van der Waals surface area contributed by atoms with Crippen LogP contribution in [-0.4, -0.2) is 43.4 Å². The van der Waals surface area contributed by atoms with E-state index in [2.05, 4.69) is 0 Å². The minimum atomic E-state index is -0.452. The molecule has 0 bridgehead atoms. The monoisotopic (exact) mass is 237 g/mol. The number of carbonyl (C=O) groups is 1. The zero-order valence-electron chi connectivity index (χ0n) is 10.1. The fraction of sp³-hybridized carbons (Fsp3) is 0.364. The van der Waals surface area contributed by atoms with Crippen molar-refractivity contribution < 1.29 is 9.72 Å². The molecular weight excluding hydrogens is 222 g/mol. The number of carbonyl (C=O) groups excluding carboxylic acids is 1. The quantitative estimate of drug-likeness (QED) is 0.581. The molecule has 0 heterocycles. The van der Waals surface area contributed by atoms with Gasteiger partial charge in [-0.05, 0) is 6.07 Å². The van der Waals surface area contributed by atoms with E-state index in [-0.39, 0.29) is 18.1 Å². The van der Waals surface area contributed by atoms with Gasteiger partial charge in [-0.3, -0.25) is 14.9 Å². The fourth-order valence-corrected chi connectivity index (χ4v) is 1.37. The zero-order valence-corrected chi connectivity index (χ0v) is 10.1. The van der Waals surface area contributed by atoms with Crippen LogP contribution in [0, 0.1) is 10.1 Å². The van der Waals surface area contributed by atoms with E-state index in [1.165, 1.54) is 11.0 Å². The van der Waals surface area contributed by atoms with Crippen LogP contribution in [0.25, 0.3) is 0 Å². The van der Waals surface area contributed by atoms with Crippen LogP contribution in [0.15, 0.2) is 24.3 Å². The third-order valence-corrected chi connectivity index (χ3v) is 2.36. The maximum Gasteiger partial charge on any atom is 0.292 e. The molecule has 1 rings (SSSR count). The van der Waals surface area contributed by atoms with Gasteiger partial charge in [0.2, 0.25) is 5.91 Å². The Balaban J connectivity index is 2.92. The summed E-state index contributed by atoms with van der Waals surface area (Å²) < 4.78 is 0. The Morgan fingerprint density at radius 1 is 1.29 bits per heavy atom. The highest BCUT2D eigenvalue weighted by Crippen LogP contribution is 2.26. The van der Waals surface area contributed by atoms with Crippen LogP contribution >= 0.6 is 0 Å². The lowest BCUT2D eigenvalue weighted by molar-refractivity contribution is -0.384. The summed E-state index contributed by atoms with van der Waals surface area (Å²) in [5.74, 6) is -0.106. The molecule has 0 atom stereocenters. The Bertz CT molecular complexity index is 432. The molecule has 1 amide bonds. The van der Waals surface area contributed by atoms with Crippen LogP contribution < -0.4 is 4.90 Å². The number of likely N-dealkylation sites (N-methyl/N-ethyl adjacent to an activating group) is 2. The van der Waals surface area contributed by atoms with Gasteiger partial charge >= 0.3 is 0 Å². The van der Waals surface area contributed by atoms with Gasteiger partial charge in [-0.25, -0.2) is 0 Å². The lowest BCUT2D eigenvalue weighted by Crippen LogP contribution is -2.34. The van der Waals surface area contributed by atoms with Gasteiger partial charge in [-0.2, -0.15) is 0 Å². The zero-order chi connectivity index (χ0) is 13.0. The Hall–Kier alpha value is -2.11. The van der Waals surface area contributed by atoms with E-state index in [0.717, 1.165) is 0 Å². The van der Waals surface area contributed by atoms with E-state index in [1.54, 1.807) is 44.2 Å². The molecule has 1 aromatic rings. The normalized spacial score (nSPS) is 9.82. The van der Waals surface area contributed by atoms with Crippen LogP contribution in [0.3, 0.4) is 0 Å². The number of rotatable bonds is 4. The van der Waals surface area contributed by atoms with Crippen molar-refractivity contribution in [2.75, 3.05) is 32.6 Å². The molecule has 0 spiro atoms. The van der Waals surface area contributed by atoms with Crippen molar-refractivity contribution in [3.8, 4) is 0 Å². The summed E-state index contributed by atoms with van der Waals surface area (Å²) in [4.78, 5) is 24.9. The van der Waals surface area contributed by atoms with Gasteiger partial charge in [-0.15, -0.1) is 0 Å². The van der Waals surface area contributed by atoms with Crippen LogP contribution in [0.2, 0.25) is 0 Å². The van der Waals surface area contributed by atoms with Crippen molar-refractivity contribution in [3.05, 3.63) is 34.4 Å².